The fourth-order valence-electron chi connectivity index (χ4n) is 3.80. The number of nitrogens with two attached hydrogens (primary N) is 1. The van der Waals surface area contributed by atoms with E-state index in [-0.39, 0.29) is 50.0 Å². The number of hydrogen-bond acceptors (Lipinski definition) is 7. The predicted molar refractivity (Wildman–Crippen MR) is 145 cm³/mol. The van der Waals surface area contributed by atoms with Gasteiger partial charge in [-0.2, -0.15) is 8.78 Å². The molecule has 240 valence electrons. The van der Waals surface area contributed by atoms with E-state index in [9.17, 15) is 45.9 Å². The smallest absolute Gasteiger partial charge is 0.404 e. The average molecular weight is 631 g/mol. The van der Waals surface area contributed by atoms with E-state index >= 15 is 0 Å². The van der Waals surface area contributed by atoms with Crippen molar-refractivity contribution < 1.29 is 55.4 Å². The van der Waals surface area contributed by atoms with Crippen LogP contribution in [0.4, 0.5) is 32.4 Å². The van der Waals surface area contributed by atoms with Crippen molar-refractivity contribution in [1.29, 1.82) is 0 Å². The van der Waals surface area contributed by atoms with Gasteiger partial charge in [0.15, 0.2) is 23.2 Å². The summed E-state index contributed by atoms with van der Waals surface area (Å²) in [5, 5.41) is 6.67. The molecule has 0 saturated heterocycles. The lowest BCUT2D eigenvalue weighted by molar-refractivity contribution is -0.138. The predicted octanol–water partition coefficient (Wildman–Crippen LogP) is 3.25. The number of ether oxygens (including phenoxy) is 2. The molecule has 2 atom stereocenters. The van der Waals surface area contributed by atoms with Crippen molar-refractivity contribution in [3.8, 4) is 5.75 Å². The lowest BCUT2D eigenvalue weighted by Crippen LogP contribution is -2.54. The van der Waals surface area contributed by atoms with Gasteiger partial charge in [0.2, 0.25) is 17.5 Å². The van der Waals surface area contributed by atoms with Crippen molar-refractivity contribution >= 4 is 35.3 Å². The zero-order chi connectivity index (χ0) is 33.0. The monoisotopic (exact) mass is 630 g/mol. The minimum atomic E-state index is -1.88. The summed E-state index contributed by atoms with van der Waals surface area (Å²) in [7, 11) is 0. The Hall–Kier alpha value is -4.76. The lowest BCUT2D eigenvalue weighted by Gasteiger charge is -2.24. The van der Waals surface area contributed by atoms with Crippen molar-refractivity contribution in [3.63, 3.8) is 0 Å². The van der Waals surface area contributed by atoms with E-state index in [4.69, 9.17) is 10.5 Å². The first-order chi connectivity index (χ1) is 20.7. The van der Waals surface area contributed by atoms with Crippen LogP contribution in [0.15, 0.2) is 30.3 Å². The Morgan fingerprint density at radius 1 is 0.841 bits per heavy atom. The molecule has 0 fully saturated rings. The third-order valence-electron chi connectivity index (χ3n) is 5.92. The summed E-state index contributed by atoms with van der Waals surface area (Å²) in [5.74, 6) is -14.3. The molecular formula is C28H31F5N4O7. The van der Waals surface area contributed by atoms with Gasteiger partial charge in [-0.1, -0.05) is 26.0 Å². The van der Waals surface area contributed by atoms with Crippen molar-refractivity contribution in [2.45, 2.75) is 51.6 Å². The Morgan fingerprint density at radius 3 is 2.07 bits per heavy atom. The molecule has 44 heavy (non-hydrogen) atoms. The highest BCUT2D eigenvalue weighted by Gasteiger charge is 2.30. The average Bonchev–Trinajstić information content (AvgIpc) is 2.95. The number of benzene rings is 2. The maximum atomic E-state index is 14.0. The number of para-hydroxylation sites is 1. The Balaban J connectivity index is 2.18. The first-order valence-corrected chi connectivity index (χ1v) is 13.3. The van der Waals surface area contributed by atoms with E-state index in [2.05, 4.69) is 20.7 Å². The number of primary amides is 1. The largest absolute Gasteiger partial charge is 0.479 e. The van der Waals surface area contributed by atoms with Crippen molar-refractivity contribution in [1.82, 2.24) is 10.6 Å². The van der Waals surface area contributed by atoms with Crippen molar-refractivity contribution in [3.05, 3.63) is 59.4 Å². The second-order valence-corrected chi connectivity index (χ2v) is 9.87. The van der Waals surface area contributed by atoms with Crippen LogP contribution < -0.4 is 26.4 Å². The standard InChI is InChI=1S/C28H31F5N4O7/c1-14(2)11-20(37-27(41)26(40)35-18-8-4-3-7-15(18)29)25(39)36-19(9-5-6-10-43-28(34)42)21(38)13-44-24-22(32)16(30)12-17(31)23(24)33/h3-4,7-8,12,14,19-20H,5-6,9-11,13H2,1-2H3,(H2,34,42)(H,35,40)(H,36,39)(H,37,41)/t19-,20-/m0/s1. The molecule has 0 aliphatic heterocycles. The highest BCUT2D eigenvalue weighted by atomic mass is 19.2. The van der Waals surface area contributed by atoms with Crippen LogP contribution in [0.5, 0.6) is 5.75 Å². The number of Topliss-reactive ketones (excluding diaryl/α,β-unsaturated/α-hetero) is 1. The Morgan fingerprint density at radius 2 is 1.48 bits per heavy atom. The van der Waals surface area contributed by atoms with Crippen LogP contribution in [-0.4, -0.2) is 54.9 Å². The first-order valence-electron chi connectivity index (χ1n) is 13.3. The number of amides is 4. The number of rotatable bonds is 15. The van der Waals surface area contributed by atoms with E-state index in [1.807, 2.05) is 0 Å². The number of ketones is 1. The SMILES string of the molecule is CC(C)C[C@H](NC(=O)C(=O)Nc1ccccc1F)C(=O)N[C@@H](CCCCOC(N)=O)C(=O)COc1c(F)c(F)cc(F)c1F. The van der Waals surface area contributed by atoms with E-state index in [1.165, 1.54) is 18.2 Å². The molecule has 0 unspecified atom stereocenters. The molecule has 5 N–H and O–H groups in total. The maximum Gasteiger partial charge on any atom is 0.404 e. The molecule has 11 nitrogen and oxygen atoms in total. The molecule has 0 heterocycles. The first kappa shape index (κ1) is 35.4. The number of unbranched alkanes of at least 4 members (excludes halogenated alkanes) is 1. The van der Waals surface area contributed by atoms with Crippen LogP contribution in [-0.2, 0) is 23.9 Å². The zero-order valence-electron chi connectivity index (χ0n) is 23.7. The molecule has 2 aromatic rings. The normalized spacial score (nSPS) is 12.2. The minimum Gasteiger partial charge on any atom is -0.479 e. The van der Waals surface area contributed by atoms with Crippen LogP contribution in [0.1, 0.15) is 39.5 Å². The molecule has 0 aliphatic carbocycles. The van der Waals surface area contributed by atoms with Gasteiger partial charge >= 0.3 is 17.9 Å². The summed E-state index contributed by atoms with van der Waals surface area (Å²) in [5.41, 5.74) is 4.61. The van der Waals surface area contributed by atoms with Crippen LogP contribution in [0.2, 0.25) is 0 Å². The fraction of sp³-hybridized carbons (Fsp3) is 0.393. The number of nitrogens with one attached hydrogen (secondary N) is 3. The van der Waals surface area contributed by atoms with Crippen molar-refractivity contribution in [2.75, 3.05) is 18.5 Å². The molecule has 16 heteroatoms. The fourth-order valence-corrected chi connectivity index (χ4v) is 3.80. The maximum absolute atomic E-state index is 14.0. The van der Waals surface area contributed by atoms with Gasteiger partial charge in [0.1, 0.15) is 18.5 Å². The zero-order valence-corrected chi connectivity index (χ0v) is 23.7. The molecular weight excluding hydrogens is 599 g/mol. The van der Waals surface area contributed by atoms with Crippen LogP contribution >= 0.6 is 0 Å². The summed E-state index contributed by atoms with van der Waals surface area (Å²) in [6.07, 6.45) is -0.906. The molecule has 0 spiro atoms. The summed E-state index contributed by atoms with van der Waals surface area (Å²) < 4.78 is 78.3. The number of hydrogen-bond donors (Lipinski definition) is 4. The number of halogens is 5. The highest BCUT2D eigenvalue weighted by Crippen LogP contribution is 2.26. The van der Waals surface area contributed by atoms with E-state index in [0.29, 0.717) is 0 Å². The number of anilines is 1. The molecule has 0 aromatic heterocycles. The molecule has 0 radical (unpaired) electrons. The van der Waals surface area contributed by atoms with Gasteiger partial charge in [0.25, 0.3) is 0 Å². The molecule has 2 aromatic carbocycles. The number of carbonyl (C=O) groups is 5. The van der Waals surface area contributed by atoms with Crippen LogP contribution in [0.3, 0.4) is 0 Å². The number of carbonyl (C=O) groups excluding carboxylic acids is 5. The summed E-state index contributed by atoms with van der Waals surface area (Å²) in [6.45, 7) is 2.12. The van der Waals surface area contributed by atoms with Gasteiger partial charge in [-0.25, -0.2) is 18.0 Å². The van der Waals surface area contributed by atoms with Gasteiger partial charge in [-0.15, -0.1) is 0 Å². The van der Waals surface area contributed by atoms with Gasteiger partial charge in [-0.05, 0) is 43.7 Å². The molecule has 4 amide bonds. The molecule has 0 aliphatic rings. The van der Waals surface area contributed by atoms with Crippen LogP contribution in [0.25, 0.3) is 0 Å². The summed E-state index contributed by atoms with van der Waals surface area (Å²) in [4.78, 5) is 61.8. The second kappa shape index (κ2) is 16.8. The third kappa shape index (κ3) is 10.8. The minimum absolute atomic E-state index is 0.0204. The van der Waals surface area contributed by atoms with Gasteiger partial charge in [-0.3, -0.25) is 19.2 Å². The Labute approximate surface area is 248 Å². The molecule has 0 saturated carbocycles. The third-order valence-corrected chi connectivity index (χ3v) is 5.92. The van der Waals surface area contributed by atoms with Gasteiger partial charge in [0.05, 0.1) is 18.3 Å². The van der Waals surface area contributed by atoms with E-state index < -0.39 is 83.1 Å². The lowest BCUT2D eigenvalue weighted by atomic mass is 10.0. The van der Waals surface area contributed by atoms with Gasteiger partial charge < -0.3 is 31.2 Å². The highest BCUT2D eigenvalue weighted by molar-refractivity contribution is 6.40. The van der Waals surface area contributed by atoms with E-state index in [0.717, 1.165) is 6.07 Å². The van der Waals surface area contributed by atoms with E-state index in [1.54, 1.807) is 13.8 Å². The van der Waals surface area contributed by atoms with Crippen LogP contribution in [0, 0.1) is 35.0 Å². The summed E-state index contributed by atoms with van der Waals surface area (Å²) >= 11 is 0. The Bertz CT molecular complexity index is 1350. The quantitative estimate of drug-likeness (QED) is 0.102. The molecule has 2 rings (SSSR count). The Kier molecular flexibility index (Phi) is 13.5. The summed E-state index contributed by atoms with van der Waals surface area (Å²) in [6, 6.07) is 2.19. The second-order valence-electron chi connectivity index (χ2n) is 9.87. The molecule has 0 bridgehead atoms. The van der Waals surface area contributed by atoms with Gasteiger partial charge in [0, 0.05) is 6.07 Å². The van der Waals surface area contributed by atoms with Crippen molar-refractivity contribution in [2.24, 2.45) is 11.7 Å². The topological polar surface area (TPSA) is 166 Å².